The van der Waals surface area contributed by atoms with Gasteiger partial charge in [-0.15, -0.1) is 0 Å². The first-order chi connectivity index (χ1) is 8.15. The van der Waals surface area contributed by atoms with Gasteiger partial charge < -0.3 is 14.3 Å². The molecule has 2 aromatic rings. The maximum absolute atomic E-state index is 11.7. The lowest BCUT2D eigenvalue weighted by Gasteiger charge is -2.06. The van der Waals surface area contributed by atoms with Gasteiger partial charge in [0.15, 0.2) is 0 Å². The Kier molecular flexibility index (Phi) is 2.82. The highest BCUT2D eigenvalue weighted by molar-refractivity contribution is 6.05. The zero-order valence-electron chi connectivity index (χ0n) is 9.10. The van der Waals surface area contributed by atoms with Crippen LogP contribution in [-0.2, 0) is 4.74 Å². The van der Waals surface area contributed by atoms with Crippen molar-refractivity contribution in [3.05, 3.63) is 40.2 Å². The molecule has 88 valence electrons. The second-order valence-corrected chi connectivity index (χ2v) is 3.33. The molecule has 0 atom stereocenters. The number of esters is 1. The Morgan fingerprint density at radius 1 is 1.41 bits per heavy atom. The van der Waals surface area contributed by atoms with E-state index in [-0.39, 0.29) is 17.8 Å². The van der Waals surface area contributed by atoms with E-state index >= 15 is 0 Å². The first-order valence-electron chi connectivity index (χ1n) is 5.07. The first-order valence-corrected chi connectivity index (χ1v) is 5.07. The van der Waals surface area contributed by atoms with Crippen LogP contribution in [0.3, 0.4) is 0 Å². The van der Waals surface area contributed by atoms with Gasteiger partial charge in [0.05, 0.1) is 6.61 Å². The summed E-state index contributed by atoms with van der Waals surface area (Å²) in [5.41, 5.74) is -0.871. The molecule has 5 nitrogen and oxygen atoms in total. The molecule has 1 heterocycles. The van der Waals surface area contributed by atoms with Gasteiger partial charge >= 0.3 is 11.6 Å². The van der Waals surface area contributed by atoms with Crippen molar-refractivity contribution in [2.45, 2.75) is 6.92 Å². The van der Waals surface area contributed by atoms with Crippen molar-refractivity contribution in [3.8, 4) is 5.75 Å². The third kappa shape index (κ3) is 1.87. The second kappa shape index (κ2) is 4.29. The van der Waals surface area contributed by atoms with E-state index in [1.807, 2.05) is 0 Å². The second-order valence-electron chi connectivity index (χ2n) is 3.33. The number of para-hydroxylation sites is 1. The Labute approximate surface area is 96.2 Å². The Balaban J connectivity index is 2.79. The lowest BCUT2D eigenvalue weighted by Crippen LogP contribution is -2.11. The zero-order valence-corrected chi connectivity index (χ0v) is 9.10. The average molecular weight is 234 g/mol. The SMILES string of the molecule is CCOC(=O)c1c(O)c(=O)oc2ccccc12. The molecule has 0 radical (unpaired) electrons. The fourth-order valence-corrected chi connectivity index (χ4v) is 1.55. The molecular formula is C12H10O5. The molecule has 1 N–H and O–H groups in total. The summed E-state index contributed by atoms with van der Waals surface area (Å²) in [5, 5.41) is 9.94. The molecule has 0 amide bonds. The van der Waals surface area contributed by atoms with Gasteiger partial charge in [-0.1, -0.05) is 18.2 Å². The maximum atomic E-state index is 11.7. The molecule has 0 aliphatic heterocycles. The molecule has 2 rings (SSSR count). The maximum Gasteiger partial charge on any atom is 0.379 e. The first kappa shape index (κ1) is 11.2. The monoisotopic (exact) mass is 234 g/mol. The molecule has 0 unspecified atom stereocenters. The third-order valence-electron chi connectivity index (χ3n) is 2.27. The summed E-state index contributed by atoms with van der Waals surface area (Å²) < 4.78 is 9.64. The van der Waals surface area contributed by atoms with Gasteiger partial charge in [-0.2, -0.15) is 0 Å². The van der Waals surface area contributed by atoms with E-state index in [9.17, 15) is 14.7 Å². The van der Waals surface area contributed by atoms with E-state index in [2.05, 4.69) is 0 Å². The van der Waals surface area contributed by atoms with Gasteiger partial charge in [-0.25, -0.2) is 9.59 Å². The number of carbonyl (C=O) groups is 1. The summed E-state index contributed by atoms with van der Waals surface area (Å²) in [6.07, 6.45) is 0. The fraction of sp³-hybridized carbons (Fsp3) is 0.167. The van der Waals surface area contributed by atoms with Gasteiger partial charge in [0.2, 0.25) is 5.75 Å². The summed E-state index contributed by atoms with van der Waals surface area (Å²) in [5.74, 6) is -1.46. The van der Waals surface area contributed by atoms with Crippen LogP contribution < -0.4 is 5.63 Å². The quantitative estimate of drug-likeness (QED) is 0.631. The van der Waals surface area contributed by atoms with Gasteiger partial charge in [0.1, 0.15) is 11.1 Å². The van der Waals surface area contributed by atoms with E-state index in [1.54, 1.807) is 31.2 Å². The minimum Gasteiger partial charge on any atom is -0.501 e. The summed E-state index contributed by atoms with van der Waals surface area (Å²) in [7, 11) is 0. The van der Waals surface area contributed by atoms with Gasteiger partial charge in [-0.3, -0.25) is 0 Å². The van der Waals surface area contributed by atoms with Crippen molar-refractivity contribution < 1.29 is 19.1 Å². The van der Waals surface area contributed by atoms with Crippen LogP contribution in [0.4, 0.5) is 0 Å². The van der Waals surface area contributed by atoms with Crippen LogP contribution in [0.25, 0.3) is 11.0 Å². The van der Waals surface area contributed by atoms with E-state index in [0.29, 0.717) is 5.39 Å². The van der Waals surface area contributed by atoms with E-state index < -0.39 is 17.3 Å². The Hall–Kier alpha value is -2.30. The van der Waals surface area contributed by atoms with Crippen molar-refractivity contribution in [2.24, 2.45) is 0 Å². The topological polar surface area (TPSA) is 76.7 Å². The van der Waals surface area contributed by atoms with Gasteiger partial charge in [0.25, 0.3) is 0 Å². The molecule has 0 aliphatic carbocycles. The number of hydrogen-bond donors (Lipinski definition) is 1. The van der Waals surface area contributed by atoms with Crippen LogP contribution >= 0.6 is 0 Å². The number of carbonyl (C=O) groups excluding carboxylic acids is 1. The number of benzene rings is 1. The zero-order chi connectivity index (χ0) is 12.4. The van der Waals surface area contributed by atoms with E-state index in [4.69, 9.17) is 9.15 Å². The summed E-state index contributed by atoms with van der Waals surface area (Å²) >= 11 is 0. The Morgan fingerprint density at radius 2 is 2.12 bits per heavy atom. The Bertz CT molecular complexity index is 626. The molecular weight excluding hydrogens is 224 g/mol. The standard InChI is InChI=1S/C12H10O5/c1-2-16-11(14)9-7-5-3-4-6-8(7)17-12(15)10(9)13/h3-6,13H,2H2,1H3. The fourth-order valence-electron chi connectivity index (χ4n) is 1.55. The molecule has 0 fully saturated rings. The van der Waals surface area contributed by atoms with E-state index in [0.717, 1.165) is 0 Å². The third-order valence-corrected chi connectivity index (χ3v) is 2.27. The van der Waals surface area contributed by atoms with Crippen molar-refractivity contribution in [1.29, 1.82) is 0 Å². The van der Waals surface area contributed by atoms with Crippen LogP contribution in [0, 0.1) is 0 Å². The summed E-state index contributed by atoms with van der Waals surface area (Å²) in [4.78, 5) is 23.0. The number of aromatic hydroxyl groups is 1. The molecule has 1 aromatic heterocycles. The number of rotatable bonds is 2. The van der Waals surface area contributed by atoms with Crippen molar-refractivity contribution in [1.82, 2.24) is 0 Å². The minimum atomic E-state index is -0.952. The number of hydrogen-bond acceptors (Lipinski definition) is 5. The van der Waals surface area contributed by atoms with E-state index in [1.165, 1.54) is 0 Å². The molecule has 5 heteroatoms. The smallest absolute Gasteiger partial charge is 0.379 e. The highest BCUT2D eigenvalue weighted by atomic mass is 16.5. The molecule has 0 bridgehead atoms. The predicted molar refractivity (Wildman–Crippen MR) is 60.1 cm³/mol. The molecule has 17 heavy (non-hydrogen) atoms. The lowest BCUT2D eigenvalue weighted by molar-refractivity contribution is 0.0524. The molecule has 1 aromatic carbocycles. The Morgan fingerprint density at radius 3 is 2.82 bits per heavy atom. The van der Waals surface area contributed by atoms with Crippen molar-refractivity contribution in [3.63, 3.8) is 0 Å². The summed E-state index contributed by atoms with van der Waals surface area (Å²) in [6.45, 7) is 1.80. The summed E-state index contributed by atoms with van der Waals surface area (Å²) in [6, 6.07) is 6.45. The van der Waals surface area contributed by atoms with Gasteiger partial charge in [0, 0.05) is 5.39 Å². The number of ether oxygens (including phenoxy) is 1. The van der Waals surface area contributed by atoms with Gasteiger partial charge in [-0.05, 0) is 13.0 Å². The van der Waals surface area contributed by atoms with Crippen LogP contribution in [0.2, 0.25) is 0 Å². The van der Waals surface area contributed by atoms with Crippen LogP contribution in [0.5, 0.6) is 5.75 Å². The molecule has 0 aliphatic rings. The van der Waals surface area contributed by atoms with Crippen LogP contribution in [0.1, 0.15) is 17.3 Å². The normalized spacial score (nSPS) is 10.4. The van der Waals surface area contributed by atoms with Crippen LogP contribution in [0.15, 0.2) is 33.5 Å². The largest absolute Gasteiger partial charge is 0.501 e. The number of fused-ring (bicyclic) bond motifs is 1. The highest BCUT2D eigenvalue weighted by Gasteiger charge is 2.20. The average Bonchev–Trinajstić information content (AvgIpc) is 2.31. The molecule has 0 spiro atoms. The van der Waals surface area contributed by atoms with Crippen molar-refractivity contribution >= 4 is 16.9 Å². The van der Waals surface area contributed by atoms with Crippen molar-refractivity contribution in [2.75, 3.05) is 6.61 Å². The molecule has 0 saturated carbocycles. The highest BCUT2D eigenvalue weighted by Crippen LogP contribution is 2.24. The minimum absolute atomic E-state index is 0.154. The molecule has 0 saturated heterocycles. The lowest BCUT2D eigenvalue weighted by atomic mass is 10.1. The van der Waals surface area contributed by atoms with Crippen LogP contribution in [-0.4, -0.2) is 17.7 Å². The predicted octanol–water partition coefficient (Wildman–Crippen LogP) is 1.68.